The van der Waals surface area contributed by atoms with E-state index in [0.717, 1.165) is 27.9 Å². The summed E-state index contributed by atoms with van der Waals surface area (Å²) >= 11 is 0. The molecule has 1 atom stereocenters. The Kier molecular flexibility index (Phi) is 5.22. The van der Waals surface area contributed by atoms with Crippen LogP contribution < -0.4 is 10.7 Å². The Morgan fingerprint density at radius 3 is 2.52 bits per heavy atom. The first-order valence-electron chi connectivity index (χ1n) is 10.8. The number of nitrogens with zero attached hydrogens (tertiary/aromatic N) is 3. The lowest BCUT2D eigenvalue weighted by molar-refractivity contribution is 0.605. The van der Waals surface area contributed by atoms with Gasteiger partial charge in [0.05, 0.1) is 11.4 Å². The average Bonchev–Trinajstić information content (AvgIpc) is 3.37. The molecule has 0 saturated heterocycles. The maximum atomic E-state index is 13.3. The smallest absolute Gasteiger partial charge is 0.206 e. The first-order valence-corrected chi connectivity index (χ1v) is 10.8. The highest BCUT2D eigenvalue weighted by Gasteiger charge is 2.20. The minimum atomic E-state index is -0.157. The average molecular weight is 438 g/mol. The van der Waals surface area contributed by atoms with Crippen LogP contribution in [0.5, 0.6) is 0 Å². The fraction of sp³-hybridized carbons (Fsp3) is 0.154. The summed E-state index contributed by atoms with van der Waals surface area (Å²) in [4.78, 5) is 13.3. The van der Waals surface area contributed by atoms with Gasteiger partial charge >= 0.3 is 0 Å². The molecule has 2 aromatic heterocycles. The Balaban J connectivity index is 1.64. The summed E-state index contributed by atoms with van der Waals surface area (Å²) in [6.07, 6.45) is 0. The molecule has 164 valence electrons. The lowest BCUT2D eigenvalue weighted by atomic mass is 9.98. The summed E-state index contributed by atoms with van der Waals surface area (Å²) in [7, 11) is 0. The molecule has 0 spiro atoms. The number of aromatic nitrogens is 4. The molecule has 1 unspecified atom stereocenters. The summed E-state index contributed by atoms with van der Waals surface area (Å²) < 4.78 is 6.43. The number of para-hydroxylation sites is 1. The number of rotatable bonds is 5. The van der Waals surface area contributed by atoms with Gasteiger partial charge in [0.2, 0.25) is 5.82 Å². The van der Waals surface area contributed by atoms with Crippen molar-refractivity contribution in [2.45, 2.75) is 26.8 Å². The largest absolute Gasteiger partial charge is 0.455 e. The van der Waals surface area contributed by atoms with E-state index in [1.807, 2.05) is 81.4 Å². The van der Waals surface area contributed by atoms with E-state index in [1.54, 1.807) is 0 Å². The highest BCUT2D eigenvalue weighted by molar-refractivity contribution is 5.85. The molecule has 5 rings (SSSR count). The summed E-state index contributed by atoms with van der Waals surface area (Å²) in [5.41, 5.74) is 5.65. The van der Waals surface area contributed by atoms with Gasteiger partial charge in [-0.1, -0.05) is 48.5 Å². The molecule has 0 bridgehead atoms. The Hall–Kier alpha value is -4.26. The van der Waals surface area contributed by atoms with Crippen molar-refractivity contribution in [3.8, 4) is 22.7 Å². The van der Waals surface area contributed by atoms with Gasteiger partial charge in [0.1, 0.15) is 11.3 Å². The third kappa shape index (κ3) is 3.78. The maximum Gasteiger partial charge on any atom is 0.206 e. The zero-order chi connectivity index (χ0) is 22.9. The SMILES string of the molecule is Cc1cc(C(C)Nc2ccccc2-c2nn[nH]n2)c2oc(-c3ccccc3)c(C)c(=O)c2c1. The minimum Gasteiger partial charge on any atom is -0.455 e. The van der Waals surface area contributed by atoms with E-state index in [0.29, 0.717) is 28.1 Å². The van der Waals surface area contributed by atoms with Gasteiger partial charge < -0.3 is 9.73 Å². The molecule has 33 heavy (non-hydrogen) atoms. The van der Waals surface area contributed by atoms with Crippen LogP contribution in [0.3, 0.4) is 0 Å². The molecule has 5 aromatic rings. The fourth-order valence-corrected chi connectivity index (χ4v) is 4.14. The highest BCUT2D eigenvalue weighted by atomic mass is 16.3. The molecule has 7 heteroatoms. The summed E-state index contributed by atoms with van der Waals surface area (Å²) in [6, 6.07) is 21.3. The molecule has 2 heterocycles. The Morgan fingerprint density at radius 1 is 1.00 bits per heavy atom. The van der Waals surface area contributed by atoms with Crippen LogP contribution in [-0.2, 0) is 0 Å². The van der Waals surface area contributed by atoms with E-state index in [-0.39, 0.29) is 11.5 Å². The number of nitrogens with one attached hydrogen (secondary N) is 2. The number of H-pyrrole nitrogens is 1. The van der Waals surface area contributed by atoms with Crippen molar-refractivity contribution in [3.63, 3.8) is 0 Å². The predicted molar refractivity (Wildman–Crippen MR) is 129 cm³/mol. The maximum absolute atomic E-state index is 13.3. The van der Waals surface area contributed by atoms with E-state index in [1.165, 1.54) is 0 Å². The number of hydrogen-bond acceptors (Lipinski definition) is 6. The molecule has 0 aliphatic rings. The number of tetrazole rings is 1. The predicted octanol–water partition coefficient (Wildman–Crippen LogP) is 5.43. The molecule has 0 aliphatic heterocycles. The minimum absolute atomic E-state index is 0.0144. The number of aryl methyl sites for hydroxylation is 1. The van der Waals surface area contributed by atoms with Crippen LogP contribution in [0.15, 0.2) is 75.9 Å². The van der Waals surface area contributed by atoms with Crippen LogP contribution in [-0.4, -0.2) is 20.6 Å². The van der Waals surface area contributed by atoms with E-state index in [4.69, 9.17) is 4.42 Å². The number of anilines is 1. The molecule has 0 saturated carbocycles. The van der Waals surface area contributed by atoms with Gasteiger partial charge in [-0.3, -0.25) is 4.79 Å². The van der Waals surface area contributed by atoms with Crippen LogP contribution in [0.1, 0.15) is 29.7 Å². The third-order valence-corrected chi connectivity index (χ3v) is 5.78. The summed E-state index contributed by atoms with van der Waals surface area (Å²) in [5.74, 6) is 1.10. The van der Waals surface area contributed by atoms with E-state index >= 15 is 0 Å². The van der Waals surface area contributed by atoms with Crippen molar-refractivity contribution < 1.29 is 4.42 Å². The van der Waals surface area contributed by atoms with E-state index in [9.17, 15) is 4.79 Å². The van der Waals surface area contributed by atoms with Crippen LogP contribution in [0.25, 0.3) is 33.7 Å². The van der Waals surface area contributed by atoms with Gasteiger partial charge in [-0.25, -0.2) is 0 Å². The second-order valence-corrected chi connectivity index (χ2v) is 8.13. The van der Waals surface area contributed by atoms with Gasteiger partial charge in [0, 0.05) is 27.9 Å². The fourth-order valence-electron chi connectivity index (χ4n) is 4.14. The number of benzene rings is 3. The number of aromatic amines is 1. The van der Waals surface area contributed by atoms with Gasteiger partial charge in [0.15, 0.2) is 5.43 Å². The van der Waals surface area contributed by atoms with Gasteiger partial charge in [-0.2, -0.15) is 5.21 Å². The van der Waals surface area contributed by atoms with Crippen molar-refractivity contribution in [1.29, 1.82) is 0 Å². The van der Waals surface area contributed by atoms with Crippen molar-refractivity contribution in [2.75, 3.05) is 5.32 Å². The van der Waals surface area contributed by atoms with Crippen molar-refractivity contribution in [1.82, 2.24) is 20.6 Å². The second kappa shape index (κ2) is 8.35. The van der Waals surface area contributed by atoms with Crippen LogP contribution >= 0.6 is 0 Å². The molecular formula is C26H23N5O2. The highest BCUT2D eigenvalue weighted by Crippen LogP contribution is 2.33. The number of fused-ring (bicyclic) bond motifs is 1. The molecule has 3 aromatic carbocycles. The lowest BCUT2D eigenvalue weighted by Gasteiger charge is -2.20. The quantitative estimate of drug-likeness (QED) is 0.381. The summed E-state index contributed by atoms with van der Waals surface area (Å²) in [6.45, 7) is 5.85. The van der Waals surface area contributed by atoms with Gasteiger partial charge in [-0.05, 0) is 49.7 Å². The zero-order valence-electron chi connectivity index (χ0n) is 18.6. The Morgan fingerprint density at radius 2 is 1.76 bits per heavy atom. The first-order chi connectivity index (χ1) is 16.0. The standard InChI is InChI=1S/C26H23N5O2/c1-15-13-20(17(3)27-22-12-8-7-11-19(22)26-28-30-31-29-26)25-21(14-15)23(32)16(2)24(33-25)18-9-5-4-6-10-18/h4-14,17,27H,1-3H3,(H,28,29,30,31). The Labute approximate surface area is 190 Å². The van der Waals surface area contributed by atoms with Gasteiger partial charge in [0.25, 0.3) is 0 Å². The molecule has 0 amide bonds. The number of hydrogen-bond donors (Lipinski definition) is 2. The lowest BCUT2D eigenvalue weighted by Crippen LogP contribution is -2.13. The summed E-state index contributed by atoms with van der Waals surface area (Å²) in [5, 5.41) is 18.5. The molecule has 0 aliphatic carbocycles. The Bertz CT molecular complexity index is 1490. The first kappa shape index (κ1) is 20.6. The van der Waals surface area contributed by atoms with Gasteiger partial charge in [-0.15, -0.1) is 10.2 Å². The molecule has 2 N–H and O–H groups in total. The van der Waals surface area contributed by atoms with Crippen molar-refractivity contribution in [2.24, 2.45) is 0 Å². The molecular weight excluding hydrogens is 414 g/mol. The molecule has 0 radical (unpaired) electrons. The molecule has 7 nitrogen and oxygen atoms in total. The van der Waals surface area contributed by atoms with Crippen LogP contribution in [0, 0.1) is 13.8 Å². The molecule has 0 fully saturated rings. The van der Waals surface area contributed by atoms with E-state index in [2.05, 4.69) is 32.0 Å². The normalized spacial score (nSPS) is 12.1. The van der Waals surface area contributed by atoms with Crippen molar-refractivity contribution >= 4 is 16.7 Å². The third-order valence-electron chi connectivity index (χ3n) is 5.78. The second-order valence-electron chi connectivity index (χ2n) is 8.13. The topological polar surface area (TPSA) is 96.7 Å². The van der Waals surface area contributed by atoms with Crippen molar-refractivity contribution in [3.05, 3.63) is 93.6 Å². The zero-order valence-corrected chi connectivity index (χ0v) is 18.6. The van der Waals surface area contributed by atoms with E-state index < -0.39 is 0 Å². The monoisotopic (exact) mass is 437 g/mol. The van der Waals surface area contributed by atoms with Crippen LogP contribution in [0.2, 0.25) is 0 Å². The van der Waals surface area contributed by atoms with Crippen LogP contribution in [0.4, 0.5) is 5.69 Å².